The summed E-state index contributed by atoms with van der Waals surface area (Å²) in [6.07, 6.45) is -21.3. The third-order valence-corrected chi connectivity index (χ3v) is 8.99. The number of fused-ring (bicyclic) bond motifs is 4. The van der Waals surface area contributed by atoms with E-state index in [9.17, 15) is 57.8 Å². The lowest BCUT2D eigenvalue weighted by Gasteiger charge is -2.45. The number of rotatable bonds is 6. The van der Waals surface area contributed by atoms with Gasteiger partial charge in [0.2, 0.25) is 0 Å². The molecule has 4 fully saturated rings. The summed E-state index contributed by atoms with van der Waals surface area (Å²) >= 11 is 0. The highest BCUT2D eigenvalue weighted by molar-refractivity contribution is 5.09. The fourth-order valence-electron chi connectivity index (χ4n) is 7.41. The second kappa shape index (κ2) is 27.8. The Hall–Kier alpha value is -0.960. The minimum Gasteiger partial charge on any atom is -0.373 e. The smallest absolute Gasteiger partial charge is 0.373 e. The zero-order chi connectivity index (χ0) is 40.6. The molecule has 57 heavy (non-hydrogen) atoms. The van der Waals surface area contributed by atoms with Crippen molar-refractivity contribution in [3.63, 3.8) is 0 Å². The SMILES string of the molecule is C.C.C.C.C.C.CC(C)C.CC(C)C.CC(C)C.CCOC(C)OC(C1CC2CCC1C2)(C(F)(F)F)C(F)(F)F.OC(C1CC2CCC1C2)(C(F)(F)F)C(F)(F)F. The van der Waals surface area contributed by atoms with Gasteiger partial charge in [0.15, 0.2) is 6.29 Å². The first-order chi connectivity index (χ1) is 22.8. The molecule has 0 saturated heterocycles. The van der Waals surface area contributed by atoms with E-state index < -0.39 is 65.9 Å². The third-order valence-electron chi connectivity index (χ3n) is 8.99. The van der Waals surface area contributed by atoms with Gasteiger partial charge in [-0.25, -0.2) is 0 Å². The van der Waals surface area contributed by atoms with Gasteiger partial charge in [-0.15, -0.1) is 0 Å². The molecule has 7 unspecified atom stereocenters. The van der Waals surface area contributed by atoms with Gasteiger partial charge in [-0.05, 0) is 93.8 Å². The Morgan fingerprint density at radius 3 is 0.947 bits per heavy atom. The van der Waals surface area contributed by atoms with Crippen LogP contribution in [0.3, 0.4) is 0 Å². The van der Waals surface area contributed by atoms with Crippen molar-refractivity contribution in [2.24, 2.45) is 53.3 Å². The van der Waals surface area contributed by atoms with Gasteiger partial charge in [0.25, 0.3) is 11.2 Å². The van der Waals surface area contributed by atoms with E-state index in [0.717, 1.165) is 24.7 Å². The lowest BCUT2D eigenvalue weighted by molar-refractivity contribution is -0.425. The maximum Gasteiger partial charge on any atom is 0.426 e. The van der Waals surface area contributed by atoms with E-state index in [-0.39, 0.29) is 75.8 Å². The third kappa shape index (κ3) is 19.5. The van der Waals surface area contributed by atoms with Crippen molar-refractivity contribution < 1.29 is 67.3 Å². The van der Waals surface area contributed by atoms with E-state index in [1.165, 1.54) is 6.92 Å². The molecule has 1 N–H and O–H groups in total. The number of hydrogen-bond donors (Lipinski definition) is 1. The summed E-state index contributed by atoms with van der Waals surface area (Å²) in [4.78, 5) is 0. The van der Waals surface area contributed by atoms with Crippen LogP contribution in [0.4, 0.5) is 52.7 Å². The second-order valence-corrected chi connectivity index (χ2v) is 16.4. The van der Waals surface area contributed by atoms with E-state index in [0.29, 0.717) is 38.5 Å². The molecule has 0 aromatic rings. The summed E-state index contributed by atoms with van der Waals surface area (Å²) in [6, 6.07) is 0. The Kier molecular flexibility index (Phi) is 34.4. The van der Waals surface area contributed by atoms with Crippen molar-refractivity contribution in [1.29, 1.82) is 0 Å². The van der Waals surface area contributed by atoms with Gasteiger partial charge in [0.05, 0.1) is 0 Å². The molecular formula is C42H86F12O3. The first-order valence-corrected chi connectivity index (χ1v) is 18.1. The van der Waals surface area contributed by atoms with Crippen LogP contribution in [0.5, 0.6) is 0 Å². The number of hydrogen-bond acceptors (Lipinski definition) is 3. The van der Waals surface area contributed by atoms with Gasteiger partial charge in [0.1, 0.15) is 0 Å². The van der Waals surface area contributed by atoms with Crippen LogP contribution < -0.4 is 0 Å². The number of ether oxygens (including phenoxy) is 2. The van der Waals surface area contributed by atoms with Gasteiger partial charge in [-0.3, -0.25) is 0 Å². The molecule has 3 nitrogen and oxygen atoms in total. The highest BCUT2D eigenvalue weighted by atomic mass is 19.4. The number of halogens is 12. The summed E-state index contributed by atoms with van der Waals surface area (Å²) in [5.41, 5.74) is -8.69. The van der Waals surface area contributed by atoms with Crippen LogP contribution in [-0.2, 0) is 9.47 Å². The number of alkyl halides is 12. The average molecular weight is 867 g/mol. The maximum atomic E-state index is 13.5. The van der Waals surface area contributed by atoms with E-state index in [1.807, 2.05) is 0 Å². The topological polar surface area (TPSA) is 38.7 Å². The van der Waals surface area contributed by atoms with Crippen LogP contribution in [0.15, 0.2) is 0 Å². The van der Waals surface area contributed by atoms with Crippen molar-refractivity contribution in [2.45, 2.75) is 214 Å². The quantitative estimate of drug-likeness (QED) is 0.214. The van der Waals surface area contributed by atoms with Crippen LogP contribution >= 0.6 is 0 Å². The Bertz CT molecular complexity index is 925. The van der Waals surface area contributed by atoms with Gasteiger partial charge in [-0.1, -0.05) is 120 Å². The van der Waals surface area contributed by atoms with Crippen LogP contribution in [0.2, 0.25) is 0 Å². The molecule has 0 aliphatic heterocycles. The first kappa shape index (κ1) is 70.6. The highest BCUT2D eigenvalue weighted by Crippen LogP contribution is 2.62. The lowest BCUT2D eigenvalue weighted by atomic mass is 9.75. The van der Waals surface area contributed by atoms with E-state index in [4.69, 9.17) is 4.74 Å². The van der Waals surface area contributed by atoms with Crippen LogP contribution in [0.25, 0.3) is 0 Å². The molecule has 0 radical (unpaired) electrons. The lowest BCUT2D eigenvalue weighted by Crippen LogP contribution is -2.65. The molecular weight excluding hydrogens is 780 g/mol. The van der Waals surface area contributed by atoms with Crippen LogP contribution in [-0.4, -0.2) is 53.9 Å². The first-order valence-electron chi connectivity index (χ1n) is 18.1. The summed E-state index contributed by atoms with van der Waals surface area (Å²) in [5, 5.41) is 9.26. The standard InChI is InChI=1S/C14H20F6O2.C10H12F6O.3C4H10.6CH4/c1-3-21-8(2)22-12(13(15,16)17,14(18,19)20)11-7-9-4-5-10(11)6-9;11-9(12,13)8(17,10(14,15)16)7-4-5-1-2-6(7)3-5;3*1-4(2)3;;;;;;/h8-11H,3-7H2,1-2H3;5-7,17H,1-4H2;3*4H,1-3H3;6*1H4. The van der Waals surface area contributed by atoms with Gasteiger partial charge in [-0.2, -0.15) is 52.7 Å². The molecule has 0 aromatic carbocycles. The zero-order valence-electron chi connectivity index (χ0n) is 31.9. The molecule has 4 aliphatic carbocycles. The summed E-state index contributed by atoms with van der Waals surface area (Å²) < 4.78 is 166. The van der Waals surface area contributed by atoms with Crippen LogP contribution in [0, 0.1) is 53.3 Å². The fourth-order valence-corrected chi connectivity index (χ4v) is 7.41. The molecule has 4 saturated carbocycles. The van der Waals surface area contributed by atoms with Gasteiger partial charge in [0, 0.05) is 18.4 Å². The molecule has 0 amide bonds. The van der Waals surface area contributed by atoms with Gasteiger partial charge < -0.3 is 14.6 Å². The van der Waals surface area contributed by atoms with E-state index in [2.05, 4.69) is 67.1 Å². The average Bonchev–Trinajstić information content (AvgIpc) is 3.71. The predicted octanol–water partition coefficient (Wildman–Crippen LogP) is 16.8. The minimum absolute atomic E-state index is 0. The Balaban J connectivity index is -0.000000128. The summed E-state index contributed by atoms with van der Waals surface area (Å²) in [7, 11) is 0. The monoisotopic (exact) mass is 867 g/mol. The number of aliphatic hydroxyl groups is 1. The Morgan fingerprint density at radius 1 is 0.474 bits per heavy atom. The maximum absolute atomic E-state index is 13.5. The van der Waals surface area contributed by atoms with E-state index >= 15 is 0 Å². The molecule has 0 aromatic heterocycles. The molecule has 0 spiro atoms. The summed E-state index contributed by atoms with van der Waals surface area (Å²) in [6.45, 7) is 22.0. The van der Waals surface area contributed by atoms with Gasteiger partial charge >= 0.3 is 24.7 Å². The molecule has 15 heteroatoms. The largest absolute Gasteiger partial charge is 0.426 e. The predicted molar refractivity (Wildman–Crippen MR) is 214 cm³/mol. The Labute approximate surface area is 341 Å². The molecule has 0 heterocycles. The second-order valence-electron chi connectivity index (χ2n) is 16.4. The molecule has 4 bridgehead atoms. The molecule has 7 atom stereocenters. The Morgan fingerprint density at radius 2 is 0.754 bits per heavy atom. The molecule has 4 rings (SSSR count). The van der Waals surface area contributed by atoms with Crippen molar-refractivity contribution in [1.82, 2.24) is 0 Å². The van der Waals surface area contributed by atoms with Crippen molar-refractivity contribution in [3.05, 3.63) is 0 Å². The summed E-state index contributed by atoms with van der Waals surface area (Å²) in [5.74, 6) is -2.24. The van der Waals surface area contributed by atoms with Crippen molar-refractivity contribution >= 4 is 0 Å². The fraction of sp³-hybridized carbons (Fsp3) is 1.00. The van der Waals surface area contributed by atoms with E-state index in [1.54, 1.807) is 0 Å². The minimum atomic E-state index is -5.67. The molecule has 4 aliphatic rings. The highest BCUT2D eigenvalue weighted by Gasteiger charge is 2.78. The van der Waals surface area contributed by atoms with Crippen molar-refractivity contribution in [3.8, 4) is 0 Å². The van der Waals surface area contributed by atoms with Crippen molar-refractivity contribution in [2.75, 3.05) is 6.61 Å². The van der Waals surface area contributed by atoms with Crippen LogP contribution in [0.1, 0.15) is 172 Å². The normalized spacial score (nSPS) is 24.1. The molecule has 356 valence electrons. The zero-order valence-corrected chi connectivity index (χ0v) is 31.9.